The van der Waals surface area contributed by atoms with Crippen LogP contribution in [0.5, 0.6) is 0 Å². The van der Waals surface area contributed by atoms with Crippen LogP contribution >= 0.6 is 11.3 Å². The van der Waals surface area contributed by atoms with Gasteiger partial charge < -0.3 is 20.1 Å². The number of aromatic nitrogens is 2. The van der Waals surface area contributed by atoms with Gasteiger partial charge in [-0.1, -0.05) is 35.5 Å². The standard InChI is InChI=1S/C22H23N5O4S/c1-4-11-31-22(29)16(15-23)13-20-27(5-2)21(28)18(32-20)7-9-24-17-6-8-25-19(14-17)26-10-12-30-3/h4,6,8-9,14H,1,5,10-12H2,2-3H3,(H2,24,25,26). The van der Waals surface area contributed by atoms with Crippen LogP contribution in [0.25, 0.3) is 11.5 Å². The number of thiazole rings is 1. The van der Waals surface area contributed by atoms with Crippen molar-refractivity contribution < 1.29 is 14.3 Å². The molecule has 0 unspecified atom stereocenters. The molecule has 2 aromatic rings. The molecule has 0 bridgehead atoms. The summed E-state index contributed by atoms with van der Waals surface area (Å²) in [6.45, 7) is 6.73. The first-order chi connectivity index (χ1) is 15.5. The number of rotatable bonds is 10. The van der Waals surface area contributed by atoms with E-state index in [0.717, 1.165) is 17.0 Å². The minimum Gasteiger partial charge on any atom is -0.457 e. The molecule has 0 atom stereocenters. The Balaban J connectivity index is 2.39. The predicted octanol–water partition coefficient (Wildman–Crippen LogP) is 0.947. The largest absolute Gasteiger partial charge is 0.457 e. The molecule has 9 nitrogen and oxygen atoms in total. The topological polar surface area (TPSA) is 118 Å². The lowest BCUT2D eigenvalue weighted by Gasteiger charge is -2.06. The van der Waals surface area contributed by atoms with E-state index in [2.05, 4.69) is 33.7 Å². The third kappa shape index (κ3) is 6.84. The molecule has 0 amide bonds. The highest BCUT2D eigenvalue weighted by atomic mass is 32.1. The van der Waals surface area contributed by atoms with Crippen LogP contribution in [0.15, 0.2) is 47.6 Å². The van der Waals surface area contributed by atoms with Crippen molar-refractivity contribution in [3.05, 3.63) is 62.3 Å². The number of carbonyl (C=O) groups excluding carboxylic acids is 1. The fraction of sp³-hybridized carbons (Fsp3) is 0.273. The number of nitriles is 1. The second-order valence-corrected chi connectivity index (χ2v) is 7.07. The second kappa shape index (κ2) is 12.7. The average molecular weight is 454 g/mol. The first-order valence-corrected chi connectivity index (χ1v) is 10.4. The van der Waals surface area contributed by atoms with Gasteiger partial charge in [-0.2, -0.15) is 5.26 Å². The molecule has 0 saturated heterocycles. The molecule has 0 aliphatic heterocycles. The van der Waals surface area contributed by atoms with Crippen molar-refractivity contribution in [3.8, 4) is 6.07 Å². The van der Waals surface area contributed by atoms with Gasteiger partial charge in [0.1, 0.15) is 27.7 Å². The number of hydrogen-bond acceptors (Lipinski definition) is 9. The number of anilines is 2. The zero-order valence-electron chi connectivity index (χ0n) is 17.8. The summed E-state index contributed by atoms with van der Waals surface area (Å²) in [7, 11) is 1.62. The van der Waals surface area contributed by atoms with Crippen LogP contribution in [0.4, 0.5) is 11.5 Å². The minimum atomic E-state index is -0.828. The molecule has 10 heteroatoms. The maximum Gasteiger partial charge on any atom is 0.357 e. The van der Waals surface area contributed by atoms with Gasteiger partial charge in [0.15, 0.2) is 5.57 Å². The lowest BCUT2D eigenvalue weighted by Crippen LogP contribution is -2.30. The Morgan fingerprint density at radius 3 is 2.97 bits per heavy atom. The molecule has 0 aliphatic rings. The van der Waals surface area contributed by atoms with E-state index in [0.29, 0.717) is 34.7 Å². The normalized spacial score (nSPS) is 9.66. The van der Waals surface area contributed by atoms with E-state index in [1.807, 2.05) is 6.07 Å². The lowest BCUT2D eigenvalue weighted by atomic mass is 10.3. The van der Waals surface area contributed by atoms with E-state index >= 15 is 0 Å². The minimum absolute atomic E-state index is 0.0250. The van der Waals surface area contributed by atoms with Gasteiger partial charge >= 0.3 is 5.97 Å². The molecule has 0 radical (unpaired) electrons. The highest BCUT2D eigenvalue weighted by molar-refractivity contribution is 7.07. The SMILES string of the molecule is C=CCOC(=O)C(=C=c1sc(=C=CNc2ccnc(NCCOC)c2)c(=O)n1CC)C#N. The Morgan fingerprint density at radius 1 is 1.47 bits per heavy atom. The fourth-order valence-electron chi connectivity index (χ4n) is 2.40. The average Bonchev–Trinajstić information content (AvgIpc) is 3.10. The van der Waals surface area contributed by atoms with Gasteiger partial charge in [-0.05, 0) is 13.0 Å². The first kappa shape index (κ1) is 24.4. The molecule has 0 saturated carbocycles. The summed E-state index contributed by atoms with van der Waals surface area (Å²) in [6, 6.07) is 5.34. The van der Waals surface area contributed by atoms with Crippen LogP contribution in [0.3, 0.4) is 0 Å². The van der Waals surface area contributed by atoms with Crippen molar-refractivity contribution in [1.82, 2.24) is 9.55 Å². The molecule has 2 rings (SSSR count). The maximum atomic E-state index is 12.6. The fourth-order valence-corrected chi connectivity index (χ4v) is 3.39. The highest BCUT2D eigenvalue weighted by Crippen LogP contribution is 2.11. The molecule has 2 aromatic heterocycles. The Morgan fingerprint density at radius 2 is 2.28 bits per heavy atom. The van der Waals surface area contributed by atoms with E-state index in [4.69, 9.17) is 9.47 Å². The van der Waals surface area contributed by atoms with Gasteiger partial charge in [0.05, 0.1) is 6.61 Å². The molecule has 0 spiro atoms. The zero-order chi connectivity index (χ0) is 23.3. The number of carbonyl (C=O) groups is 1. The second-order valence-electron chi connectivity index (χ2n) is 6.07. The molecule has 2 heterocycles. The lowest BCUT2D eigenvalue weighted by molar-refractivity contribution is -0.137. The predicted molar refractivity (Wildman–Crippen MR) is 123 cm³/mol. The van der Waals surface area contributed by atoms with Crippen LogP contribution in [-0.4, -0.2) is 42.4 Å². The number of esters is 1. The first-order valence-electron chi connectivity index (χ1n) is 9.63. The molecular formula is C22H23N5O4S. The number of ether oxygens (including phenoxy) is 2. The number of methoxy groups -OCH3 is 1. The van der Waals surface area contributed by atoms with Crippen molar-refractivity contribution in [1.29, 1.82) is 5.26 Å². The summed E-state index contributed by atoms with van der Waals surface area (Å²) in [6.07, 6.45) is 4.55. The third-order valence-corrected chi connectivity index (χ3v) is 4.91. The summed E-state index contributed by atoms with van der Waals surface area (Å²) in [5, 5.41) is 15.4. The van der Waals surface area contributed by atoms with Crippen molar-refractivity contribution in [2.24, 2.45) is 0 Å². The quantitative estimate of drug-likeness (QED) is 0.179. The van der Waals surface area contributed by atoms with Crippen molar-refractivity contribution in [2.75, 3.05) is 37.5 Å². The van der Waals surface area contributed by atoms with Crippen LogP contribution in [0, 0.1) is 11.3 Å². The van der Waals surface area contributed by atoms with Crippen LogP contribution < -0.4 is 25.4 Å². The number of pyridine rings is 1. The summed E-state index contributed by atoms with van der Waals surface area (Å²) in [4.78, 5) is 28.8. The number of hydrogen-bond donors (Lipinski definition) is 2. The van der Waals surface area contributed by atoms with Crippen LogP contribution in [-0.2, 0) is 20.8 Å². The molecule has 0 aromatic carbocycles. The Hall–Kier alpha value is -3.86. The summed E-state index contributed by atoms with van der Waals surface area (Å²) in [5.74, 6) is -0.148. The maximum absolute atomic E-state index is 12.6. The van der Waals surface area contributed by atoms with E-state index in [9.17, 15) is 14.9 Å². The molecule has 0 fully saturated rings. The number of nitrogens with zero attached hydrogens (tertiary/aromatic N) is 3. The van der Waals surface area contributed by atoms with Gasteiger partial charge in [0.2, 0.25) is 0 Å². The molecule has 32 heavy (non-hydrogen) atoms. The summed E-state index contributed by atoms with van der Waals surface area (Å²) < 4.78 is 11.9. The molecule has 166 valence electrons. The van der Waals surface area contributed by atoms with Crippen molar-refractivity contribution in [2.45, 2.75) is 13.5 Å². The van der Waals surface area contributed by atoms with Gasteiger partial charge in [-0.3, -0.25) is 9.36 Å². The summed E-state index contributed by atoms with van der Waals surface area (Å²) in [5.41, 5.74) is 5.72. The Labute approximate surface area is 188 Å². The van der Waals surface area contributed by atoms with Gasteiger partial charge in [0.25, 0.3) is 5.56 Å². The smallest absolute Gasteiger partial charge is 0.357 e. The molecule has 2 N–H and O–H groups in total. The Bertz CT molecular complexity index is 1260. The van der Waals surface area contributed by atoms with E-state index in [1.165, 1.54) is 16.8 Å². The van der Waals surface area contributed by atoms with E-state index in [1.54, 1.807) is 32.4 Å². The monoisotopic (exact) mass is 453 g/mol. The van der Waals surface area contributed by atoms with Gasteiger partial charge in [0, 0.05) is 44.3 Å². The molecular weight excluding hydrogens is 430 g/mol. The number of nitrogens with one attached hydrogen (secondary N) is 2. The van der Waals surface area contributed by atoms with Gasteiger partial charge in [-0.15, -0.1) is 0 Å². The van der Waals surface area contributed by atoms with E-state index < -0.39 is 5.97 Å². The van der Waals surface area contributed by atoms with E-state index in [-0.39, 0.29) is 17.7 Å². The molecule has 0 aliphatic carbocycles. The van der Waals surface area contributed by atoms with Crippen molar-refractivity contribution >= 4 is 40.3 Å². The highest BCUT2D eigenvalue weighted by Gasteiger charge is 2.10. The Kier molecular flexibility index (Phi) is 9.72. The van der Waals surface area contributed by atoms with Gasteiger partial charge in [-0.25, -0.2) is 9.78 Å². The zero-order valence-corrected chi connectivity index (χ0v) is 18.6. The van der Waals surface area contributed by atoms with Crippen molar-refractivity contribution in [3.63, 3.8) is 0 Å². The third-order valence-electron chi connectivity index (χ3n) is 3.89. The summed E-state index contributed by atoms with van der Waals surface area (Å²) >= 11 is 1.07. The van der Waals surface area contributed by atoms with Crippen LogP contribution in [0.2, 0.25) is 0 Å². The van der Waals surface area contributed by atoms with Crippen LogP contribution in [0.1, 0.15) is 6.92 Å².